The number of rotatable bonds is 4. The van der Waals surface area contributed by atoms with Gasteiger partial charge < -0.3 is 10.6 Å². The van der Waals surface area contributed by atoms with Gasteiger partial charge in [-0.25, -0.2) is 0 Å². The first-order valence-electron chi connectivity index (χ1n) is 5.66. The average Bonchev–Trinajstić information content (AvgIpc) is 2.18. The van der Waals surface area contributed by atoms with Crippen molar-refractivity contribution in [3.63, 3.8) is 0 Å². The summed E-state index contributed by atoms with van der Waals surface area (Å²) in [5.74, 6) is 0. The van der Waals surface area contributed by atoms with E-state index in [0.717, 1.165) is 13.1 Å². The molecule has 2 N–H and O–H groups in total. The van der Waals surface area contributed by atoms with Gasteiger partial charge in [-0.1, -0.05) is 26.2 Å². The maximum atomic E-state index is 5.71. The van der Waals surface area contributed by atoms with Crippen molar-refractivity contribution in [2.24, 2.45) is 5.73 Å². The van der Waals surface area contributed by atoms with Crippen LogP contribution in [-0.2, 0) is 0 Å². The largest absolute Gasteiger partial charge is 0.330 e. The van der Waals surface area contributed by atoms with Gasteiger partial charge in [-0.15, -0.1) is 0 Å². The van der Waals surface area contributed by atoms with E-state index in [1.54, 1.807) is 0 Å². The first-order chi connectivity index (χ1) is 6.25. The van der Waals surface area contributed by atoms with Crippen LogP contribution in [0.5, 0.6) is 0 Å². The van der Waals surface area contributed by atoms with Crippen LogP contribution in [0.4, 0.5) is 0 Å². The van der Waals surface area contributed by atoms with Crippen LogP contribution in [0, 0.1) is 0 Å². The minimum Gasteiger partial charge on any atom is -0.330 e. The minimum atomic E-state index is 0.446. The molecule has 0 aliphatic heterocycles. The first kappa shape index (κ1) is 11.0. The van der Waals surface area contributed by atoms with E-state index in [0.29, 0.717) is 5.54 Å². The Morgan fingerprint density at radius 3 is 2.31 bits per heavy atom. The summed E-state index contributed by atoms with van der Waals surface area (Å²) in [7, 11) is 2.25. The van der Waals surface area contributed by atoms with E-state index in [-0.39, 0.29) is 0 Å². The Hall–Kier alpha value is -0.0800. The van der Waals surface area contributed by atoms with E-state index in [4.69, 9.17) is 5.73 Å². The lowest BCUT2D eigenvalue weighted by Gasteiger charge is -2.44. The highest BCUT2D eigenvalue weighted by Crippen LogP contribution is 2.35. The van der Waals surface area contributed by atoms with E-state index >= 15 is 0 Å². The van der Waals surface area contributed by atoms with E-state index in [2.05, 4.69) is 18.9 Å². The van der Waals surface area contributed by atoms with Crippen molar-refractivity contribution in [1.82, 2.24) is 4.90 Å². The molecular weight excluding hydrogens is 160 g/mol. The van der Waals surface area contributed by atoms with Crippen LogP contribution in [-0.4, -0.2) is 30.6 Å². The fraction of sp³-hybridized carbons (Fsp3) is 1.00. The molecule has 0 bridgehead atoms. The monoisotopic (exact) mass is 184 g/mol. The molecule has 1 rings (SSSR count). The second-order valence-electron chi connectivity index (χ2n) is 4.34. The summed E-state index contributed by atoms with van der Waals surface area (Å²) < 4.78 is 0. The van der Waals surface area contributed by atoms with Crippen LogP contribution < -0.4 is 5.73 Å². The van der Waals surface area contributed by atoms with Crippen molar-refractivity contribution < 1.29 is 0 Å². The first-order valence-corrected chi connectivity index (χ1v) is 5.66. The lowest BCUT2D eigenvalue weighted by Crippen LogP contribution is -2.49. The van der Waals surface area contributed by atoms with Crippen molar-refractivity contribution in [2.75, 3.05) is 20.1 Å². The molecule has 2 heteroatoms. The molecule has 1 aliphatic carbocycles. The summed E-state index contributed by atoms with van der Waals surface area (Å²) in [4.78, 5) is 2.51. The standard InChI is InChI=1S/C11H24N2/c1-3-13(2)11(9-10-12)7-5-4-6-8-11/h3-10,12H2,1-2H3. The van der Waals surface area contributed by atoms with Gasteiger partial charge in [0.05, 0.1) is 0 Å². The highest BCUT2D eigenvalue weighted by atomic mass is 15.2. The van der Waals surface area contributed by atoms with Gasteiger partial charge in [0, 0.05) is 5.54 Å². The van der Waals surface area contributed by atoms with Crippen LogP contribution in [0.2, 0.25) is 0 Å². The van der Waals surface area contributed by atoms with Gasteiger partial charge in [-0.3, -0.25) is 0 Å². The van der Waals surface area contributed by atoms with Crippen LogP contribution in [0.25, 0.3) is 0 Å². The predicted molar refractivity (Wildman–Crippen MR) is 57.8 cm³/mol. The van der Waals surface area contributed by atoms with Gasteiger partial charge in [-0.05, 0) is 39.4 Å². The fourth-order valence-electron chi connectivity index (χ4n) is 2.64. The number of nitrogens with zero attached hydrogens (tertiary/aromatic N) is 1. The topological polar surface area (TPSA) is 29.3 Å². The van der Waals surface area contributed by atoms with Crippen molar-refractivity contribution in [3.05, 3.63) is 0 Å². The molecule has 0 heterocycles. The summed E-state index contributed by atoms with van der Waals surface area (Å²) in [6.07, 6.45) is 8.10. The van der Waals surface area contributed by atoms with Crippen LogP contribution in [0.1, 0.15) is 45.4 Å². The second kappa shape index (κ2) is 4.97. The van der Waals surface area contributed by atoms with Gasteiger partial charge >= 0.3 is 0 Å². The van der Waals surface area contributed by atoms with Crippen LogP contribution >= 0.6 is 0 Å². The maximum Gasteiger partial charge on any atom is 0.0218 e. The number of hydrogen-bond acceptors (Lipinski definition) is 2. The van der Waals surface area contributed by atoms with Gasteiger partial charge in [0.25, 0.3) is 0 Å². The van der Waals surface area contributed by atoms with E-state index in [9.17, 15) is 0 Å². The van der Waals surface area contributed by atoms with Crippen molar-refractivity contribution in [2.45, 2.75) is 51.0 Å². The fourth-order valence-corrected chi connectivity index (χ4v) is 2.64. The third-order valence-electron chi connectivity index (χ3n) is 3.68. The van der Waals surface area contributed by atoms with Gasteiger partial charge in [0.15, 0.2) is 0 Å². The smallest absolute Gasteiger partial charge is 0.0218 e. The molecule has 0 aromatic heterocycles. The third kappa shape index (κ3) is 2.44. The third-order valence-corrected chi connectivity index (χ3v) is 3.68. The molecule has 13 heavy (non-hydrogen) atoms. The van der Waals surface area contributed by atoms with Crippen molar-refractivity contribution in [1.29, 1.82) is 0 Å². The number of hydrogen-bond donors (Lipinski definition) is 1. The van der Waals surface area contributed by atoms with Gasteiger partial charge in [0.1, 0.15) is 0 Å². The Morgan fingerprint density at radius 2 is 1.85 bits per heavy atom. The Labute approximate surface area is 82.5 Å². The summed E-state index contributed by atoms with van der Waals surface area (Å²) in [6.45, 7) is 4.23. The molecule has 78 valence electrons. The Balaban J connectivity index is 2.60. The highest BCUT2D eigenvalue weighted by Gasteiger charge is 2.33. The molecule has 0 unspecified atom stereocenters. The summed E-state index contributed by atoms with van der Waals surface area (Å²) >= 11 is 0. The number of nitrogens with two attached hydrogens (primary N) is 1. The molecule has 1 aliphatic rings. The van der Waals surface area contributed by atoms with Gasteiger partial charge in [0.2, 0.25) is 0 Å². The molecule has 0 amide bonds. The molecular formula is C11H24N2. The summed E-state index contributed by atoms with van der Waals surface area (Å²) in [5, 5.41) is 0. The molecule has 1 saturated carbocycles. The van der Waals surface area contributed by atoms with Crippen molar-refractivity contribution >= 4 is 0 Å². The lowest BCUT2D eigenvalue weighted by atomic mass is 9.78. The Morgan fingerprint density at radius 1 is 1.23 bits per heavy atom. The molecule has 0 aromatic rings. The molecule has 0 aromatic carbocycles. The average molecular weight is 184 g/mol. The predicted octanol–water partition coefficient (Wildman–Crippen LogP) is 1.99. The maximum absolute atomic E-state index is 5.71. The van der Waals surface area contributed by atoms with Crippen molar-refractivity contribution in [3.8, 4) is 0 Å². The Kier molecular flexibility index (Phi) is 4.20. The second-order valence-corrected chi connectivity index (χ2v) is 4.34. The summed E-state index contributed by atoms with van der Waals surface area (Å²) in [6, 6.07) is 0. The zero-order valence-corrected chi connectivity index (χ0v) is 9.18. The zero-order chi connectivity index (χ0) is 9.73. The van der Waals surface area contributed by atoms with Gasteiger partial charge in [-0.2, -0.15) is 0 Å². The molecule has 0 radical (unpaired) electrons. The van der Waals surface area contributed by atoms with E-state index in [1.165, 1.54) is 38.5 Å². The minimum absolute atomic E-state index is 0.446. The SMILES string of the molecule is CCN(C)C1(CCN)CCCCC1. The molecule has 0 spiro atoms. The van der Waals surface area contributed by atoms with Crippen LogP contribution in [0.15, 0.2) is 0 Å². The highest BCUT2D eigenvalue weighted by molar-refractivity contribution is 4.91. The van der Waals surface area contributed by atoms with E-state index in [1.807, 2.05) is 0 Å². The quantitative estimate of drug-likeness (QED) is 0.724. The zero-order valence-electron chi connectivity index (χ0n) is 9.18. The molecule has 2 nitrogen and oxygen atoms in total. The molecule has 0 atom stereocenters. The normalized spacial score (nSPS) is 22.2. The van der Waals surface area contributed by atoms with Crippen LogP contribution in [0.3, 0.4) is 0 Å². The Bertz CT molecular complexity index is 134. The van der Waals surface area contributed by atoms with E-state index < -0.39 is 0 Å². The summed E-state index contributed by atoms with van der Waals surface area (Å²) in [5.41, 5.74) is 6.16. The lowest BCUT2D eigenvalue weighted by molar-refractivity contribution is 0.0734. The molecule has 1 fully saturated rings. The molecule has 0 saturated heterocycles.